The van der Waals surface area contributed by atoms with Gasteiger partial charge < -0.3 is 9.84 Å². The lowest BCUT2D eigenvalue weighted by molar-refractivity contribution is 0.158. The molecule has 17 heavy (non-hydrogen) atoms. The SMILES string of the molecule is COc1cc(Cl)ccc1C(O)CCCC(C)C. The molecule has 3 heteroatoms. The molecule has 0 aliphatic carbocycles. The average Bonchev–Trinajstić information content (AvgIpc) is 2.28. The van der Waals surface area contributed by atoms with Gasteiger partial charge in [0.25, 0.3) is 0 Å². The summed E-state index contributed by atoms with van der Waals surface area (Å²) in [5, 5.41) is 10.7. The zero-order valence-electron chi connectivity index (χ0n) is 10.7. The lowest BCUT2D eigenvalue weighted by Gasteiger charge is -2.15. The highest BCUT2D eigenvalue weighted by molar-refractivity contribution is 6.30. The fraction of sp³-hybridized carbons (Fsp3) is 0.571. The fourth-order valence-corrected chi connectivity index (χ4v) is 2.00. The van der Waals surface area contributed by atoms with E-state index in [9.17, 15) is 5.11 Å². The maximum atomic E-state index is 10.1. The molecular formula is C14H21ClO2. The minimum atomic E-state index is -0.471. The van der Waals surface area contributed by atoms with E-state index < -0.39 is 6.10 Å². The van der Waals surface area contributed by atoms with Crippen molar-refractivity contribution in [2.24, 2.45) is 5.92 Å². The largest absolute Gasteiger partial charge is 0.496 e. The van der Waals surface area contributed by atoms with E-state index in [0.717, 1.165) is 24.8 Å². The summed E-state index contributed by atoms with van der Waals surface area (Å²) in [7, 11) is 1.59. The van der Waals surface area contributed by atoms with Gasteiger partial charge in [-0.3, -0.25) is 0 Å². The third kappa shape index (κ3) is 4.57. The van der Waals surface area contributed by atoms with Crippen molar-refractivity contribution in [2.45, 2.75) is 39.2 Å². The first-order chi connectivity index (χ1) is 8.04. The predicted octanol–water partition coefficient (Wildman–Crippen LogP) is 4.21. The highest BCUT2D eigenvalue weighted by atomic mass is 35.5. The Morgan fingerprint density at radius 2 is 2.00 bits per heavy atom. The van der Waals surface area contributed by atoms with Gasteiger partial charge in [0, 0.05) is 10.6 Å². The van der Waals surface area contributed by atoms with Crippen molar-refractivity contribution in [3.05, 3.63) is 28.8 Å². The second-order valence-corrected chi connectivity index (χ2v) is 5.16. The van der Waals surface area contributed by atoms with Crippen LogP contribution in [-0.4, -0.2) is 12.2 Å². The number of methoxy groups -OCH3 is 1. The summed E-state index contributed by atoms with van der Waals surface area (Å²) in [5.41, 5.74) is 0.820. The Kier molecular flexibility index (Phi) is 5.79. The molecule has 0 bridgehead atoms. The second-order valence-electron chi connectivity index (χ2n) is 4.73. The molecule has 1 aromatic carbocycles. The first-order valence-corrected chi connectivity index (χ1v) is 6.44. The fourth-order valence-electron chi connectivity index (χ4n) is 1.84. The Bertz CT molecular complexity index is 350. The van der Waals surface area contributed by atoms with E-state index in [1.54, 1.807) is 19.2 Å². The van der Waals surface area contributed by atoms with Crippen LogP contribution in [0.3, 0.4) is 0 Å². The predicted molar refractivity (Wildman–Crippen MR) is 71.7 cm³/mol. The second kappa shape index (κ2) is 6.87. The lowest BCUT2D eigenvalue weighted by atomic mass is 9.99. The van der Waals surface area contributed by atoms with Crippen molar-refractivity contribution < 1.29 is 9.84 Å². The molecule has 0 aliphatic rings. The third-order valence-electron chi connectivity index (χ3n) is 2.81. The van der Waals surface area contributed by atoms with Crippen LogP contribution in [0.4, 0.5) is 0 Å². The number of ether oxygens (including phenoxy) is 1. The van der Waals surface area contributed by atoms with Gasteiger partial charge in [-0.1, -0.05) is 44.4 Å². The van der Waals surface area contributed by atoms with Crippen LogP contribution in [0.25, 0.3) is 0 Å². The molecule has 0 fully saturated rings. The van der Waals surface area contributed by atoms with Crippen LogP contribution in [0.15, 0.2) is 18.2 Å². The van der Waals surface area contributed by atoms with Gasteiger partial charge >= 0.3 is 0 Å². The Balaban J connectivity index is 2.64. The lowest BCUT2D eigenvalue weighted by Crippen LogP contribution is -2.01. The summed E-state index contributed by atoms with van der Waals surface area (Å²) < 4.78 is 5.23. The quantitative estimate of drug-likeness (QED) is 0.826. The molecule has 96 valence electrons. The van der Waals surface area contributed by atoms with Crippen LogP contribution in [-0.2, 0) is 0 Å². The molecule has 1 aromatic rings. The number of aliphatic hydroxyl groups is 1. The van der Waals surface area contributed by atoms with Crippen molar-refractivity contribution in [1.82, 2.24) is 0 Å². The third-order valence-corrected chi connectivity index (χ3v) is 3.05. The molecule has 0 spiro atoms. The number of hydrogen-bond donors (Lipinski definition) is 1. The van der Waals surface area contributed by atoms with E-state index >= 15 is 0 Å². The molecule has 1 rings (SSSR count). The molecule has 1 atom stereocenters. The topological polar surface area (TPSA) is 29.5 Å². The van der Waals surface area contributed by atoms with Gasteiger partial charge in [0.05, 0.1) is 13.2 Å². The highest BCUT2D eigenvalue weighted by Crippen LogP contribution is 2.31. The molecule has 0 aromatic heterocycles. The van der Waals surface area contributed by atoms with Gasteiger partial charge in [-0.15, -0.1) is 0 Å². The van der Waals surface area contributed by atoms with Crippen LogP contribution in [0.5, 0.6) is 5.75 Å². The normalized spacial score (nSPS) is 12.8. The standard InChI is InChI=1S/C14H21ClO2/c1-10(2)5-4-6-13(16)12-8-7-11(15)9-14(12)17-3/h7-10,13,16H,4-6H2,1-3H3. The van der Waals surface area contributed by atoms with Crippen LogP contribution < -0.4 is 4.74 Å². The number of hydrogen-bond acceptors (Lipinski definition) is 2. The number of benzene rings is 1. The van der Waals surface area contributed by atoms with Gasteiger partial charge in [-0.2, -0.15) is 0 Å². The van der Waals surface area contributed by atoms with Crippen LogP contribution in [0, 0.1) is 5.92 Å². The van der Waals surface area contributed by atoms with Crippen LogP contribution >= 0.6 is 11.6 Å². The molecule has 0 aliphatic heterocycles. The van der Waals surface area contributed by atoms with Crippen molar-refractivity contribution in [2.75, 3.05) is 7.11 Å². The smallest absolute Gasteiger partial charge is 0.126 e. The van der Waals surface area contributed by atoms with Crippen molar-refractivity contribution in [3.8, 4) is 5.75 Å². The average molecular weight is 257 g/mol. The van der Waals surface area contributed by atoms with Gasteiger partial charge in [0.1, 0.15) is 5.75 Å². The van der Waals surface area contributed by atoms with E-state index in [-0.39, 0.29) is 0 Å². The summed E-state index contributed by atoms with van der Waals surface area (Å²) in [6.07, 6.45) is 2.44. The minimum Gasteiger partial charge on any atom is -0.496 e. The zero-order chi connectivity index (χ0) is 12.8. The van der Waals surface area contributed by atoms with Gasteiger partial charge in [-0.25, -0.2) is 0 Å². The zero-order valence-corrected chi connectivity index (χ0v) is 11.5. The molecule has 1 unspecified atom stereocenters. The maximum absolute atomic E-state index is 10.1. The summed E-state index contributed by atoms with van der Waals surface area (Å²) in [5.74, 6) is 1.34. The van der Waals surface area contributed by atoms with Crippen molar-refractivity contribution >= 4 is 11.6 Å². The molecule has 0 heterocycles. The Morgan fingerprint density at radius 3 is 2.59 bits per heavy atom. The van der Waals surface area contributed by atoms with Crippen molar-refractivity contribution in [1.29, 1.82) is 0 Å². The molecule has 0 saturated heterocycles. The minimum absolute atomic E-state index is 0.471. The van der Waals surface area contributed by atoms with Gasteiger partial charge in [0.15, 0.2) is 0 Å². The number of aliphatic hydroxyl groups excluding tert-OH is 1. The van der Waals surface area contributed by atoms with Crippen LogP contribution in [0.1, 0.15) is 44.8 Å². The summed E-state index contributed by atoms with van der Waals surface area (Å²) in [6, 6.07) is 5.36. The molecule has 2 nitrogen and oxygen atoms in total. The number of halogens is 1. The molecule has 0 amide bonds. The monoisotopic (exact) mass is 256 g/mol. The summed E-state index contributed by atoms with van der Waals surface area (Å²) in [6.45, 7) is 4.38. The first-order valence-electron chi connectivity index (χ1n) is 6.06. The maximum Gasteiger partial charge on any atom is 0.126 e. The van der Waals surface area contributed by atoms with Crippen LogP contribution in [0.2, 0.25) is 5.02 Å². The molecular weight excluding hydrogens is 236 g/mol. The first kappa shape index (κ1) is 14.3. The summed E-state index contributed by atoms with van der Waals surface area (Å²) in [4.78, 5) is 0. The molecule has 1 N–H and O–H groups in total. The summed E-state index contributed by atoms with van der Waals surface area (Å²) >= 11 is 5.88. The Hall–Kier alpha value is -0.730. The van der Waals surface area contributed by atoms with Gasteiger partial charge in [-0.05, 0) is 24.5 Å². The highest BCUT2D eigenvalue weighted by Gasteiger charge is 2.13. The number of rotatable bonds is 6. The van der Waals surface area contributed by atoms with Crippen molar-refractivity contribution in [3.63, 3.8) is 0 Å². The van der Waals surface area contributed by atoms with E-state index in [4.69, 9.17) is 16.3 Å². The Morgan fingerprint density at radius 1 is 1.29 bits per heavy atom. The van der Waals surface area contributed by atoms with E-state index in [2.05, 4.69) is 13.8 Å². The van der Waals surface area contributed by atoms with E-state index in [1.807, 2.05) is 6.07 Å². The molecule has 0 saturated carbocycles. The van der Waals surface area contributed by atoms with Gasteiger partial charge in [0.2, 0.25) is 0 Å². The Labute approximate surface area is 109 Å². The van der Waals surface area contributed by atoms with E-state index in [0.29, 0.717) is 16.7 Å². The van der Waals surface area contributed by atoms with E-state index in [1.165, 1.54) is 0 Å². The molecule has 0 radical (unpaired) electrons.